The van der Waals surface area contributed by atoms with Gasteiger partial charge in [0.2, 0.25) is 0 Å². The largest absolute Gasteiger partial charge is 0.468 e. The van der Waals surface area contributed by atoms with Gasteiger partial charge in [0.25, 0.3) is 0 Å². The van der Waals surface area contributed by atoms with Gasteiger partial charge in [0.1, 0.15) is 11.6 Å². The molecule has 2 heterocycles. The molecule has 0 aliphatic carbocycles. The zero-order valence-corrected chi connectivity index (χ0v) is 11.0. The van der Waals surface area contributed by atoms with Crippen LogP contribution in [0.3, 0.4) is 0 Å². The average Bonchev–Trinajstić information content (AvgIpc) is 2.95. The summed E-state index contributed by atoms with van der Waals surface area (Å²) in [4.78, 5) is 4.28. The second kappa shape index (κ2) is 5.45. The predicted octanol–water partition coefficient (Wildman–Crippen LogP) is 4.40. The molecule has 0 spiro atoms. The fraction of sp³-hybridized carbons (Fsp3) is 0.133. The maximum Gasteiger partial charge on any atom is 0.132 e. The number of halogens is 1. The third kappa shape index (κ3) is 2.63. The van der Waals surface area contributed by atoms with Gasteiger partial charge in [-0.15, -0.1) is 11.8 Å². The molecule has 0 fully saturated rings. The summed E-state index contributed by atoms with van der Waals surface area (Å²) in [5.74, 6) is 2.32. The van der Waals surface area contributed by atoms with Crippen LogP contribution in [0.5, 0.6) is 0 Å². The van der Waals surface area contributed by atoms with Crippen molar-refractivity contribution in [2.45, 2.75) is 11.5 Å². The highest BCUT2D eigenvalue weighted by molar-refractivity contribution is 7.97. The van der Waals surface area contributed by atoms with Crippen LogP contribution in [0.1, 0.15) is 11.3 Å². The molecule has 0 amide bonds. The monoisotopic (exact) mass is 273 g/mol. The van der Waals surface area contributed by atoms with Gasteiger partial charge in [-0.25, -0.2) is 4.39 Å². The molecule has 0 aliphatic heterocycles. The first-order chi connectivity index (χ1) is 9.34. The summed E-state index contributed by atoms with van der Waals surface area (Å²) in [7, 11) is 0. The Bertz CT molecular complexity index is 682. The molecule has 0 N–H and O–H groups in total. The quantitative estimate of drug-likeness (QED) is 0.704. The topological polar surface area (TPSA) is 26.0 Å². The van der Waals surface area contributed by atoms with Crippen LogP contribution in [-0.2, 0) is 11.5 Å². The third-order valence-electron chi connectivity index (χ3n) is 2.88. The Hall–Kier alpha value is -1.81. The minimum absolute atomic E-state index is 0.220. The first-order valence-electron chi connectivity index (χ1n) is 5.97. The summed E-state index contributed by atoms with van der Waals surface area (Å²) in [5, 5.41) is 0.582. The number of nitrogens with zero attached hydrogens (tertiary/aromatic N) is 1. The number of rotatable bonds is 4. The number of furan rings is 1. The molecule has 3 aromatic rings. The molecule has 0 aliphatic rings. The van der Waals surface area contributed by atoms with Crippen LogP contribution in [0.4, 0.5) is 4.39 Å². The zero-order valence-electron chi connectivity index (χ0n) is 10.2. The molecule has 2 aromatic heterocycles. The van der Waals surface area contributed by atoms with Gasteiger partial charge in [-0.3, -0.25) is 4.98 Å². The van der Waals surface area contributed by atoms with E-state index in [0.717, 1.165) is 28.3 Å². The van der Waals surface area contributed by atoms with Crippen LogP contribution in [0.2, 0.25) is 0 Å². The summed E-state index contributed by atoms with van der Waals surface area (Å²) in [6.45, 7) is 0. The minimum atomic E-state index is -0.220. The maximum absolute atomic E-state index is 13.6. The molecule has 0 saturated heterocycles. The molecule has 2 nitrogen and oxygen atoms in total. The Morgan fingerprint density at radius 3 is 2.89 bits per heavy atom. The molecular weight excluding hydrogens is 261 g/mol. The lowest BCUT2D eigenvalue weighted by atomic mass is 10.1. The van der Waals surface area contributed by atoms with Crippen LogP contribution >= 0.6 is 11.8 Å². The van der Waals surface area contributed by atoms with E-state index < -0.39 is 0 Å². The number of thioether (sulfide) groups is 1. The number of fused-ring (bicyclic) bond motifs is 1. The zero-order chi connectivity index (χ0) is 13.1. The van der Waals surface area contributed by atoms with E-state index in [-0.39, 0.29) is 5.82 Å². The van der Waals surface area contributed by atoms with Crippen molar-refractivity contribution >= 4 is 22.7 Å². The second-order valence-electron chi connectivity index (χ2n) is 4.18. The van der Waals surface area contributed by atoms with Crippen LogP contribution in [-0.4, -0.2) is 4.98 Å². The summed E-state index contributed by atoms with van der Waals surface area (Å²) < 4.78 is 18.9. The molecule has 0 atom stereocenters. The Balaban J connectivity index is 1.79. The van der Waals surface area contributed by atoms with E-state index in [1.165, 1.54) is 6.07 Å². The summed E-state index contributed by atoms with van der Waals surface area (Å²) >= 11 is 1.73. The number of aromatic nitrogens is 1. The molecule has 0 unspecified atom stereocenters. The number of hydrogen-bond acceptors (Lipinski definition) is 3. The Morgan fingerprint density at radius 1 is 1.11 bits per heavy atom. The molecule has 0 radical (unpaired) electrons. The van der Waals surface area contributed by atoms with E-state index >= 15 is 0 Å². The fourth-order valence-corrected chi connectivity index (χ4v) is 2.89. The minimum Gasteiger partial charge on any atom is -0.468 e. The molecule has 4 heteroatoms. The smallest absolute Gasteiger partial charge is 0.132 e. The van der Waals surface area contributed by atoms with Crippen LogP contribution in [0.25, 0.3) is 10.9 Å². The van der Waals surface area contributed by atoms with E-state index in [2.05, 4.69) is 4.98 Å². The van der Waals surface area contributed by atoms with E-state index in [1.807, 2.05) is 12.1 Å². The van der Waals surface area contributed by atoms with Gasteiger partial charge >= 0.3 is 0 Å². The van der Waals surface area contributed by atoms with Gasteiger partial charge in [0, 0.05) is 17.3 Å². The second-order valence-corrected chi connectivity index (χ2v) is 5.16. The van der Waals surface area contributed by atoms with Gasteiger partial charge in [-0.1, -0.05) is 6.07 Å². The van der Waals surface area contributed by atoms with E-state index in [4.69, 9.17) is 4.42 Å². The van der Waals surface area contributed by atoms with Crippen molar-refractivity contribution in [3.8, 4) is 0 Å². The van der Waals surface area contributed by atoms with Crippen molar-refractivity contribution in [3.05, 3.63) is 66.0 Å². The van der Waals surface area contributed by atoms with Crippen molar-refractivity contribution in [2.75, 3.05) is 0 Å². The average molecular weight is 273 g/mol. The first-order valence-corrected chi connectivity index (χ1v) is 7.12. The summed E-state index contributed by atoms with van der Waals surface area (Å²) in [5.41, 5.74) is 1.79. The molecule has 19 heavy (non-hydrogen) atoms. The Labute approximate surface area is 114 Å². The highest BCUT2D eigenvalue weighted by Gasteiger charge is 2.07. The maximum atomic E-state index is 13.6. The molecule has 3 rings (SSSR count). The molecular formula is C15H12FNOS. The first kappa shape index (κ1) is 12.2. The highest BCUT2D eigenvalue weighted by atomic mass is 32.2. The standard InChI is InChI=1S/C15H12FNOS/c16-14-6-5-11(15-13(14)4-1-7-17-15)9-19-10-12-3-2-8-18-12/h1-8H,9-10H2. The normalized spacial score (nSPS) is 11.0. The lowest BCUT2D eigenvalue weighted by Gasteiger charge is -2.05. The molecule has 96 valence electrons. The van der Waals surface area contributed by atoms with Crippen LogP contribution in [0, 0.1) is 5.82 Å². The number of benzene rings is 1. The van der Waals surface area contributed by atoms with Gasteiger partial charge in [-0.2, -0.15) is 0 Å². The van der Waals surface area contributed by atoms with Crippen molar-refractivity contribution in [1.29, 1.82) is 0 Å². The predicted molar refractivity (Wildman–Crippen MR) is 75.4 cm³/mol. The highest BCUT2D eigenvalue weighted by Crippen LogP contribution is 2.25. The van der Waals surface area contributed by atoms with Gasteiger partial charge in [0.05, 0.1) is 17.5 Å². The van der Waals surface area contributed by atoms with Crippen LogP contribution < -0.4 is 0 Å². The lowest BCUT2D eigenvalue weighted by Crippen LogP contribution is -1.90. The van der Waals surface area contributed by atoms with Gasteiger partial charge < -0.3 is 4.42 Å². The van der Waals surface area contributed by atoms with Crippen LogP contribution in [0.15, 0.2) is 53.3 Å². The van der Waals surface area contributed by atoms with Crippen molar-refractivity contribution < 1.29 is 8.81 Å². The molecule has 1 aromatic carbocycles. The summed E-state index contributed by atoms with van der Waals surface area (Å²) in [6, 6.07) is 10.7. The third-order valence-corrected chi connectivity index (χ3v) is 3.89. The lowest BCUT2D eigenvalue weighted by molar-refractivity contribution is 0.530. The van der Waals surface area contributed by atoms with E-state index in [9.17, 15) is 4.39 Å². The van der Waals surface area contributed by atoms with E-state index in [1.54, 1.807) is 42.4 Å². The number of hydrogen-bond donors (Lipinski definition) is 0. The molecule has 0 saturated carbocycles. The van der Waals surface area contributed by atoms with Gasteiger partial charge in [0.15, 0.2) is 0 Å². The van der Waals surface area contributed by atoms with E-state index in [0.29, 0.717) is 5.39 Å². The van der Waals surface area contributed by atoms with Crippen molar-refractivity contribution in [3.63, 3.8) is 0 Å². The SMILES string of the molecule is Fc1ccc(CSCc2ccco2)c2ncccc12. The Morgan fingerprint density at radius 2 is 2.05 bits per heavy atom. The Kier molecular flexibility index (Phi) is 3.51. The van der Waals surface area contributed by atoms with Crippen molar-refractivity contribution in [1.82, 2.24) is 4.98 Å². The van der Waals surface area contributed by atoms with Crippen molar-refractivity contribution in [2.24, 2.45) is 0 Å². The summed E-state index contributed by atoms with van der Waals surface area (Å²) in [6.07, 6.45) is 3.37. The molecule has 0 bridgehead atoms. The van der Waals surface area contributed by atoms with Gasteiger partial charge in [-0.05, 0) is 35.9 Å². The fourth-order valence-electron chi connectivity index (χ4n) is 1.97. The number of pyridine rings is 1.